The fourth-order valence-electron chi connectivity index (χ4n) is 2.65. The van der Waals surface area contributed by atoms with Crippen molar-refractivity contribution in [3.63, 3.8) is 0 Å². The number of aryl methyl sites for hydroxylation is 1. The smallest absolute Gasteiger partial charge is 0.248 e. The molecule has 0 aliphatic heterocycles. The molecule has 1 aromatic heterocycles. The highest BCUT2D eigenvalue weighted by molar-refractivity contribution is 5.75. The molecule has 1 saturated carbocycles. The molecule has 0 bridgehead atoms. The lowest BCUT2D eigenvalue weighted by Gasteiger charge is -2.26. The summed E-state index contributed by atoms with van der Waals surface area (Å²) in [5.41, 5.74) is 3.10. The van der Waals surface area contributed by atoms with Gasteiger partial charge in [0.1, 0.15) is 5.82 Å². The van der Waals surface area contributed by atoms with Crippen molar-refractivity contribution in [2.45, 2.75) is 44.4 Å². The van der Waals surface area contributed by atoms with Crippen molar-refractivity contribution in [3.05, 3.63) is 29.6 Å². The summed E-state index contributed by atoms with van der Waals surface area (Å²) in [7, 11) is 0. The van der Waals surface area contributed by atoms with E-state index >= 15 is 0 Å². The quantitative estimate of drug-likeness (QED) is 0.808. The maximum atomic E-state index is 13.1. The zero-order chi connectivity index (χ0) is 12.8. The molecule has 2 aromatic rings. The molecule has 0 spiro atoms. The van der Waals surface area contributed by atoms with Gasteiger partial charge in [-0.1, -0.05) is 6.07 Å². The van der Waals surface area contributed by atoms with Gasteiger partial charge in [0.25, 0.3) is 0 Å². The van der Waals surface area contributed by atoms with Crippen LogP contribution in [0.3, 0.4) is 0 Å². The highest BCUT2D eigenvalue weighted by Crippen LogP contribution is 2.40. The van der Waals surface area contributed by atoms with Crippen LogP contribution in [0.1, 0.15) is 43.0 Å². The molecule has 1 fully saturated rings. The highest BCUT2D eigenvalue weighted by atomic mass is 19.3. The van der Waals surface area contributed by atoms with Gasteiger partial charge in [0.2, 0.25) is 5.92 Å². The molecule has 0 radical (unpaired) electrons. The molecule has 1 aromatic carbocycles. The molecule has 0 atom stereocenters. The molecule has 1 N–H and O–H groups in total. The summed E-state index contributed by atoms with van der Waals surface area (Å²) in [6.45, 7) is 2.03. The van der Waals surface area contributed by atoms with E-state index in [4.69, 9.17) is 0 Å². The molecule has 18 heavy (non-hydrogen) atoms. The number of hydrogen-bond acceptors (Lipinski definition) is 1. The molecule has 1 aliphatic carbocycles. The van der Waals surface area contributed by atoms with E-state index in [0.717, 1.165) is 16.9 Å². The number of alkyl halides is 2. The van der Waals surface area contributed by atoms with Gasteiger partial charge < -0.3 is 4.98 Å². The Labute approximate surface area is 104 Å². The average Bonchev–Trinajstić information content (AvgIpc) is 2.71. The van der Waals surface area contributed by atoms with Gasteiger partial charge in [-0.05, 0) is 37.5 Å². The van der Waals surface area contributed by atoms with Gasteiger partial charge in [-0.25, -0.2) is 13.8 Å². The second-order valence-corrected chi connectivity index (χ2v) is 5.27. The lowest BCUT2D eigenvalue weighted by molar-refractivity contribution is -0.0387. The van der Waals surface area contributed by atoms with Crippen LogP contribution in [0.5, 0.6) is 0 Å². The maximum absolute atomic E-state index is 13.1. The first-order valence-electron chi connectivity index (χ1n) is 6.38. The van der Waals surface area contributed by atoms with Gasteiger partial charge in [-0.15, -0.1) is 0 Å². The van der Waals surface area contributed by atoms with Crippen molar-refractivity contribution in [2.75, 3.05) is 0 Å². The van der Waals surface area contributed by atoms with Crippen molar-refractivity contribution < 1.29 is 8.78 Å². The van der Waals surface area contributed by atoms with E-state index in [1.54, 1.807) is 0 Å². The molecular weight excluding hydrogens is 234 g/mol. The predicted octanol–water partition coefficient (Wildman–Crippen LogP) is 4.16. The SMILES string of the molecule is Cc1ccc2nc(C3CCC(F)(F)CC3)[nH]c2c1. The minimum atomic E-state index is -2.47. The lowest BCUT2D eigenvalue weighted by atomic mass is 9.86. The number of rotatable bonds is 1. The normalized spacial score (nSPS) is 20.4. The van der Waals surface area contributed by atoms with Gasteiger partial charge in [0, 0.05) is 18.8 Å². The van der Waals surface area contributed by atoms with E-state index in [2.05, 4.69) is 9.97 Å². The number of fused-ring (bicyclic) bond motifs is 1. The van der Waals surface area contributed by atoms with E-state index < -0.39 is 5.92 Å². The van der Waals surface area contributed by atoms with E-state index in [0.29, 0.717) is 12.8 Å². The number of aromatic nitrogens is 2. The molecule has 1 aliphatic rings. The Hall–Kier alpha value is -1.45. The molecule has 0 unspecified atom stereocenters. The van der Waals surface area contributed by atoms with Gasteiger partial charge >= 0.3 is 0 Å². The van der Waals surface area contributed by atoms with E-state index in [1.165, 1.54) is 5.56 Å². The number of halogens is 2. The topological polar surface area (TPSA) is 28.7 Å². The van der Waals surface area contributed by atoms with Crippen LogP contribution in [0.2, 0.25) is 0 Å². The molecule has 2 nitrogen and oxygen atoms in total. The van der Waals surface area contributed by atoms with E-state index in [9.17, 15) is 8.78 Å². The summed E-state index contributed by atoms with van der Waals surface area (Å²) in [5, 5.41) is 0. The largest absolute Gasteiger partial charge is 0.342 e. The van der Waals surface area contributed by atoms with E-state index in [1.807, 2.05) is 25.1 Å². The third-order valence-corrected chi connectivity index (χ3v) is 3.76. The number of benzene rings is 1. The second kappa shape index (κ2) is 4.04. The van der Waals surface area contributed by atoms with Crippen LogP contribution in [-0.2, 0) is 0 Å². The van der Waals surface area contributed by atoms with Crippen molar-refractivity contribution in [2.24, 2.45) is 0 Å². The predicted molar refractivity (Wildman–Crippen MR) is 67.0 cm³/mol. The molecule has 1 heterocycles. The van der Waals surface area contributed by atoms with Crippen molar-refractivity contribution >= 4 is 11.0 Å². The first-order valence-corrected chi connectivity index (χ1v) is 6.38. The second-order valence-electron chi connectivity index (χ2n) is 5.27. The number of H-pyrrole nitrogens is 1. The summed E-state index contributed by atoms with van der Waals surface area (Å²) < 4.78 is 26.2. The number of aromatic amines is 1. The summed E-state index contributed by atoms with van der Waals surface area (Å²) >= 11 is 0. The summed E-state index contributed by atoms with van der Waals surface area (Å²) in [5.74, 6) is -1.46. The first-order chi connectivity index (χ1) is 8.53. The Bertz CT molecular complexity index is 564. The number of nitrogens with one attached hydrogen (secondary N) is 1. The Kier molecular flexibility index (Phi) is 2.61. The standard InChI is InChI=1S/C14H16F2N2/c1-9-2-3-11-12(8-9)18-13(17-11)10-4-6-14(15,16)7-5-10/h2-3,8,10H,4-7H2,1H3,(H,17,18). The molecule has 4 heteroatoms. The van der Waals surface area contributed by atoms with Crippen molar-refractivity contribution in [1.82, 2.24) is 9.97 Å². The van der Waals surface area contributed by atoms with Crippen LogP contribution in [-0.4, -0.2) is 15.9 Å². The molecule has 3 rings (SSSR count). The Morgan fingerprint density at radius 3 is 2.72 bits per heavy atom. The molecule has 0 saturated heterocycles. The fourth-order valence-corrected chi connectivity index (χ4v) is 2.65. The lowest BCUT2D eigenvalue weighted by Crippen LogP contribution is -2.24. The fraction of sp³-hybridized carbons (Fsp3) is 0.500. The van der Waals surface area contributed by atoms with Crippen LogP contribution in [0.25, 0.3) is 11.0 Å². The van der Waals surface area contributed by atoms with Gasteiger partial charge in [0.05, 0.1) is 11.0 Å². The minimum absolute atomic E-state index is 0.0201. The molecule has 96 valence electrons. The number of nitrogens with zero attached hydrogens (tertiary/aromatic N) is 1. The minimum Gasteiger partial charge on any atom is -0.342 e. The number of hydrogen-bond donors (Lipinski definition) is 1. The summed E-state index contributed by atoms with van der Waals surface area (Å²) in [4.78, 5) is 7.80. The summed E-state index contributed by atoms with van der Waals surface area (Å²) in [6.07, 6.45) is 0.999. The van der Waals surface area contributed by atoms with Crippen LogP contribution < -0.4 is 0 Å². The molecule has 0 amide bonds. The van der Waals surface area contributed by atoms with Gasteiger partial charge in [-0.2, -0.15) is 0 Å². The van der Waals surface area contributed by atoms with Crippen LogP contribution >= 0.6 is 0 Å². The third kappa shape index (κ3) is 2.11. The Balaban J connectivity index is 1.87. The zero-order valence-corrected chi connectivity index (χ0v) is 10.3. The van der Waals surface area contributed by atoms with Gasteiger partial charge in [-0.3, -0.25) is 0 Å². The Morgan fingerprint density at radius 1 is 1.28 bits per heavy atom. The van der Waals surface area contributed by atoms with Crippen molar-refractivity contribution in [1.29, 1.82) is 0 Å². The molecular formula is C14H16F2N2. The average molecular weight is 250 g/mol. The monoisotopic (exact) mass is 250 g/mol. The van der Waals surface area contributed by atoms with Gasteiger partial charge in [0.15, 0.2) is 0 Å². The van der Waals surface area contributed by atoms with Crippen LogP contribution in [0.4, 0.5) is 8.78 Å². The van der Waals surface area contributed by atoms with Crippen LogP contribution in [0, 0.1) is 6.92 Å². The van der Waals surface area contributed by atoms with Crippen LogP contribution in [0.15, 0.2) is 18.2 Å². The number of imidazole rings is 1. The Morgan fingerprint density at radius 2 is 2.00 bits per heavy atom. The van der Waals surface area contributed by atoms with E-state index in [-0.39, 0.29) is 18.8 Å². The zero-order valence-electron chi connectivity index (χ0n) is 10.3. The third-order valence-electron chi connectivity index (χ3n) is 3.76. The van der Waals surface area contributed by atoms with Crippen molar-refractivity contribution in [3.8, 4) is 0 Å². The first kappa shape index (κ1) is 11.6. The highest BCUT2D eigenvalue weighted by Gasteiger charge is 2.36. The summed E-state index contributed by atoms with van der Waals surface area (Å²) in [6, 6.07) is 6.04. The maximum Gasteiger partial charge on any atom is 0.248 e.